The summed E-state index contributed by atoms with van der Waals surface area (Å²) in [5.41, 5.74) is 13.4. The number of hydrogen-bond donors (Lipinski definition) is 2. The minimum absolute atomic E-state index is 0.223. The first-order valence-corrected chi connectivity index (χ1v) is 6.75. The lowest BCUT2D eigenvalue weighted by molar-refractivity contribution is 0.607. The summed E-state index contributed by atoms with van der Waals surface area (Å²) in [5.74, 6) is -0.106. The number of benzene rings is 2. The Labute approximate surface area is 127 Å². The molecular weight excluding hydrogens is 339 g/mol. The van der Waals surface area contributed by atoms with Crippen LogP contribution in [0.1, 0.15) is 0 Å². The average molecular weight is 349 g/mol. The number of hydrogen-bond acceptors (Lipinski definition) is 5. The van der Waals surface area contributed by atoms with E-state index in [4.69, 9.17) is 11.5 Å². The minimum Gasteiger partial charge on any atom is -0.399 e. The molecule has 0 amide bonds. The second kappa shape index (κ2) is 5.13. The monoisotopic (exact) mass is 348 g/mol. The van der Waals surface area contributed by atoms with Gasteiger partial charge in [-0.1, -0.05) is 15.9 Å². The van der Waals surface area contributed by atoms with Gasteiger partial charge in [0.05, 0.1) is 0 Å². The van der Waals surface area contributed by atoms with Crippen LogP contribution in [-0.2, 0) is 0 Å². The maximum Gasteiger partial charge on any atom is 0.189 e. The molecular formula is C13H10BrFN6. The second-order valence-electron chi connectivity index (χ2n) is 4.36. The summed E-state index contributed by atoms with van der Waals surface area (Å²) in [6, 6.07) is 9.50. The second-order valence-corrected chi connectivity index (χ2v) is 5.27. The van der Waals surface area contributed by atoms with Crippen molar-refractivity contribution in [3.8, 4) is 17.1 Å². The predicted molar refractivity (Wildman–Crippen MR) is 81.1 cm³/mol. The number of tetrazole rings is 1. The van der Waals surface area contributed by atoms with Crippen LogP contribution in [0.2, 0.25) is 0 Å². The highest BCUT2D eigenvalue weighted by Gasteiger charge is 2.16. The van der Waals surface area contributed by atoms with E-state index in [-0.39, 0.29) is 5.69 Å². The van der Waals surface area contributed by atoms with Crippen LogP contribution >= 0.6 is 15.9 Å². The molecule has 1 heterocycles. The number of nitrogens with two attached hydrogens (primary N) is 2. The van der Waals surface area contributed by atoms with Crippen molar-refractivity contribution in [2.75, 3.05) is 11.5 Å². The highest BCUT2D eigenvalue weighted by molar-refractivity contribution is 9.10. The summed E-state index contributed by atoms with van der Waals surface area (Å²) < 4.78 is 16.0. The van der Waals surface area contributed by atoms with Gasteiger partial charge in [0.2, 0.25) is 0 Å². The van der Waals surface area contributed by atoms with Crippen molar-refractivity contribution >= 4 is 27.3 Å². The van der Waals surface area contributed by atoms with E-state index in [1.165, 1.54) is 10.7 Å². The van der Waals surface area contributed by atoms with Crippen LogP contribution < -0.4 is 11.5 Å². The van der Waals surface area contributed by atoms with Crippen molar-refractivity contribution in [1.82, 2.24) is 20.2 Å². The molecule has 0 spiro atoms. The number of nitrogen functional groups attached to an aromatic ring is 2. The predicted octanol–water partition coefficient (Wildman–Crippen LogP) is 2.40. The Morgan fingerprint density at radius 3 is 2.67 bits per heavy atom. The number of halogens is 2. The lowest BCUT2D eigenvalue weighted by Gasteiger charge is -2.08. The molecule has 1 aromatic heterocycles. The van der Waals surface area contributed by atoms with Crippen LogP contribution in [0.15, 0.2) is 40.9 Å². The molecule has 8 heteroatoms. The first-order valence-electron chi connectivity index (χ1n) is 5.95. The number of anilines is 2. The fourth-order valence-corrected chi connectivity index (χ4v) is 2.30. The minimum atomic E-state index is -0.444. The van der Waals surface area contributed by atoms with Gasteiger partial charge in [-0.2, -0.15) is 4.68 Å². The van der Waals surface area contributed by atoms with Gasteiger partial charge in [0.1, 0.15) is 11.5 Å². The topological polar surface area (TPSA) is 95.6 Å². The van der Waals surface area contributed by atoms with Gasteiger partial charge < -0.3 is 11.5 Å². The van der Waals surface area contributed by atoms with E-state index < -0.39 is 5.82 Å². The van der Waals surface area contributed by atoms with Gasteiger partial charge >= 0.3 is 0 Å². The molecule has 3 rings (SSSR count). The summed E-state index contributed by atoms with van der Waals surface area (Å²) >= 11 is 3.30. The maximum atomic E-state index is 14.0. The van der Waals surface area contributed by atoms with E-state index >= 15 is 0 Å². The Balaban J connectivity index is 2.19. The normalized spacial score (nSPS) is 10.8. The van der Waals surface area contributed by atoms with E-state index in [0.29, 0.717) is 27.2 Å². The van der Waals surface area contributed by atoms with Gasteiger partial charge in [-0.25, -0.2) is 4.39 Å². The van der Waals surface area contributed by atoms with Crippen molar-refractivity contribution in [2.45, 2.75) is 0 Å². The number of nitrogens with zero attached hydrogens (tertiary/aromatic N) is 4. The van der Waals surface area contributed by atoms with Crippen LogP contribution in [0.25, 0.3) is 17.1 Å². The zero-order valence-corrected chi connectivity index (χ0v) is 12.2. The van der Waals surface area contributed by atoms with Crippen molar-refractivity contribution < 1.29 is 4.39 Å². The lowest BCUT2D eigenvalue weighted by Crippen LogP contribution is -2.04. The number of rotatable bonds is 2. The molecule has 0 radical (unpaired) electrons. The molecule has 6 nitrogen and oxygen atoms in total. The van der Waals surface area contributed by atoms with Gasteiger partial charge in [-0.3, -0.25) is 0 Å². The van der Waals surface area contributed by atoms with Crippen molar-refractivity contribution in [3.05, 3.63) is 46.7 Å². The van der Waals surface area contributed by atoms with Gasteiger partial charge in [0, 0.05) is 21.4 Å². The molecule has 0 atom stereocenters. The zero-order valence-electron chi connectivity index (χ0n) is 10.7. The molecule has 0 aliphatic heterocycles. The molecule has 21 heavy (non-hydrogen) atoms. The Hall–Kier alpha value is -2.48. The third kappa shape index (κ3) is 2.45. The molecule has 0 bridgehead atoms. The maximum absolute atomic E-state index is 14.0. The van der Waals surface area contributed by atoms with Gasteiger partial charge in [0.25, 0.3) is 0 Å². The lowest BCUT2D eigenvalue weighted by atomic mass is 10.1. The van der Waals surface area contributed by atoms with Gasteiger partial charge in [0.15, 0.2) is 5.82 Å². The molecule has 0 aliphatic carbocycles. The summed E-state index contributed by atoms with van der Waals surface area (Å²) in [5, 5.41) is 11.4. The third-order valence-corrected chi connectivity index (χ3v) is 3.42. The third-order valence-electron chi connectivity index (χ3n) is 2.92. The highest BCUT2D eigenvalue weighted by atomic mass is 79.9. The van der Waals surface area contributed by atoms with Crippen molar-refractivity contribution in [2.24, 2.45) is 0 Å². The van der Waals surface area contributed by atoms with Crippen LogP contribution in [0, 0.1) is 5.82 Å². The van der Waals surface area contributed by atoms with Gasteiger partial charge in [-0.05, 0) is 46.8 Å². The van der Waals surface area contributed by atoms with Crippen LogP contribution in [-0.4, -0.2) is 20.2 Å². The molecule has 0 saturated heterocycles. The molecule has 0 saturated carbocycles. The highest BCUT2D eigenvalue weighted by Crippen LogP contribution is 2.28. The van der Waals surface area contributed by atoms with Crippen molar-refractivity contribution in [1.29, 1.82) is 0 Å². The van der Waals surface area contributed by atoms with Crippen LogP contribution in [0.4, 0.5) is 15.8 Å². The first kappa shape index (κ1) is 13.5. The smallest absolute Gasteiger partial charge is 0.189 e. The fourth-order valence-electron chi connectivity index (χ4n) is 1.95. The van der Waals surface area contributed by atoms with E-state index in [2.05, 4.69) is 31.5 Å². The van der Waals surface area contributed by atoms with Crippen LogP contribution in [0.3, 0.4) is 0 Å². The van der Waals surface area contributed by atoms with E-state index in [1.807, 2.05) is 0 Å². The Kier molecular flexibility index (Phi) is 3.30. The Morgan fingerprint density at radius 2 is 1.90 bits per heavy atom. The van der Waals surface area contributed by atoms with E-state index in [0.717, 1.165) is 0 Å². The molecule has 0 fully saturated rings. The van der Waals surface area contributed by atoms with E-state index in [1.54, 1.807) is 30.3 Å². The van der Waals surface area contributed by atoms with Gasteiger partial charge in [-0.15, -0.1) is 5.10 Å². The Morgan fingerprint density at radius 1 is 1.10 bits per heavy atom. The molecule has 3 aromatic rings. The standard InChI is InChI=1S/C13H10BrFN6/c14-7-1-4-10(15)12(5-7)21-13(18-19-20-21)9-3-2-8(16)6-11(9)17/h1-6H,16-17H2. The molecule has 4 N–H and O–H groups in total. The molecule has 2 aromatic carbocycles. The fraction of sp³-hybridized carbons (Fsp3) is 0. The van der Waals surface area contributed by atoms with E-state index in [9.17, 15) is 4.39 Å². The largest absolute Gasteiger partial charge is 0.399 e. The summed E-state index contributed by atoms with van der Waals surface area (Å²) in [6.07, 6.45) is 0. The average Bonchev–Trinajstić information content (AvgIpc) is 2.90. The van der Waals surface area contributed by atoms with Crippen LogP contribution in [0.5, 0.6) is 0 Å². The first-order chi connectivity index (χ1) is 10.1. The Bertz CT molecular complexity index is 816. The molecule has 106 valence electrons. The number of aromatic nitrogens is 4. The summed E-state index contributed by atoms with van der Waals surface area (Å²) in [4.78, 5) is 0. The van der Waals surface area contributed by atoms with Crippen molar-refractivity contribution in [3.63, 3.8) is 0 Å². The molecule has 0 aliphatic rings. The summed E-state index contributed by atoms with van der Waals surface area (Å²) in [7, 11) is 0. The SMILES string of the molecule is Nc1ccc(-c2nnnn2-c2cc(Br)ccc2F)c(N)c1. The molecule has 0 unspecified atom stereocenters. The summed E-state index contributed by atoms with van der Waals surface area (Å²) in [6.45, 7) is 0. The quantitative estimate of drug-likeness (QED) is 0.693. The zero-order chi connectivity index (χ0) is 15.0.